The normalized spacial score (nSPS) is 12.5. The van der Waals surface area contributed by atoms with Crippen LogP contribution in [0.4, 0.5) is 0 Å². The van der Waals surface area contributed by atoms with Gasteiger partial charge >= 0.3 is 0 Å². The third-order valence-electron chi connectivity index (χ3n) is 0.374. The monoisotopic (exact) mass is 163 g/mol. The first-order chi connectivity index (χ1) is 2.27. The number of hydrogen-bond acceptors (Lipinski definition) is 1. The third kappa shape index (κ3) is 8.90. The molecule has 0 aromatic rings. The van der Waals surface area contributed by atoms with Crippen LogP contribution in [0.3, 0.4) is 0 Å². The van der Waals surface area contributed by atoms with Crippen LogP contribution in [0.15, 0.2) is 0 Å². The molecule has 0 saturated heterocycles. The van der Waals surface area contributed by atoms with Crippen molar-refractivity contribution >= 4 is 0 Å². The number of aliphatic hydroxyl groups excluding tert-OH is 1. The Labute approximate surface area is 63.2 Å². The minimum absolute atomic E-state index is 0. The summed E-state index contributed by atoms with van der Waals surface area (Å²) < 4.78 is 0. The van der Waals surface area contributed by atoms with E-state index in [0.29, 0.717) is 0 Å². The molecular formula is C3H8NOY-. The van der Waals surface area contributed by atoms with Gasteiger partial charge in [0.15, 0.2) is 0 Å². The van der Waals surface area contributed by atoms with Gasteiger partial charge in [-0.2, -0.15) is 7.05 Å². The second-order valence-electron chi connectivity index (χ2n) is 0.890. The summed E-state index contributed by atoms with van der Waals surface area (Å²) in [6, 6.07) is 0. The fraction of sp³-hybridized carbons (Fsp3) is 1.00. The third-order valence-corrected chi connectivity index (χ3v) is 0.374. The predicted octanol–water partition coefficient (Wildman–Crippen LogP) is 0.326. The summed E-state index contributed by atoms with van der Waals surface area (Å²) in [5, 5.41) is 11.6. The van der Waals surface area contributed by atoms with E-state index in [1.165, 1.54) is 0 Å². The van der Waals surface area contributed by atoms with Gasteiger partial charge in [0.05, 0.1) is 0 Å². The molecule has 0 aliphatic heterocycles. The maximum absolute atomic E-state index is 8.19. The molecule has 0 amide bonds. The smallest absolute Gasteiger partial charge is 0 e. The molecule has 0 bridgehead atoms. The zero-order valence-corrected chi connectivity index (χ0v) is 6.89. The van der Waals surface area contributed by atoms with Crippen molar-refractivity contribution in [2.24, 2.45) is 0 Å². The molecule has 0 aromatic heterocycles. The Morgan fingerprint density at radius 1 is 1.67 bits per heavy atom. The molecule has 0 saturated carbocycles. The van der Waals surface area contributed by atoms with Crippen molar-refractivity contribution in [2.75, 3.05) is 7.05 Å². The number of nitrogens with zero attached hydrogens (tertiary/aromatic N) is 1. The number of hydrogen-bond donors (Lipinski definition) is 1. The van der Waals surface area contributed by atoms with Crippen molar-refractivity contribution in [3.05, 3.63) is 5.32 Å². The maximum Gasteiger partial charge on any atom is 0 e. The van der Waals surface area contributed by atoms with E-state index in [2.05, 4.69) is 5.32 Å². The molecule has 3 heteroatoms. The van der Waals surface area contributed by atoms with Crippen molar-refractivity contribution in [2.45, 2.75) is 13.2 Å². The first kappa shape index (κ1) is 10.1. The van der Waals surface area contributed by atoms with Crippen LogP contribution in [0.1, 0.15) is 6.92 Å². The van der Waals surface area contributed by atoms with Gasteiger partial charge in [0, 0.05) is 32.7 Å². The molecule has 6 heavy (non-hydrogen) atoms. The van der Waals surface area contributed by atoms with Gasteiger partial charge in [0.2, 0.25) is 0 Å². The molecule has 0 spiro atoms. The van der Waals surface area contributed by atoms with E-state index in [1.54, 1.807) is 14.0 Å². The average molecular weight is 163 g/mol. The molecule has 2 nitrogen and oxygen atoms in total. The van der Waals surface area contributed by atoms with Crippen LogP contribution in [0.25, 0.3) is 5.32 Å². The first-order valence-corrected chi connectivity index (χ1v) is 1.54. The van der Waals surface area contributed by atoms with Gasteiger partial charge in [-0.15, -0.1) is 0 Å². The van der Waals surface area contributed by atoms with E-state index in [4.69, 9.17) is 5.11 Å². The Morgan fingerprint density at radius 2 is 1.83 bits per heavy atom. The van der Waals surface area contributed by atoms with Crippen LogP contribution in [0, 0.1) is 0 Å². The molecule has 0 aliphatic carbocycles. The van der Waals surface area contributed by atoms with Crippen LogP contribution in [0.5, 0.6) is 0 Å². The summed E-state index contributed by atoms with van der Waals surface area (Å²) >= 11 is 0. The maximum atomic E-state index is 8.19. The molecule has 0 heterocycles. The molecule has 1 atom stereocenters. The van der Waals surface area contributed by atoms with Crippen LogP contribution < -0.4 is 0 Å². The minimum Gasteiger partial charge on any atom is -0.640 e. The minimum atomic E-state index is -0.491. The Balaban J connectivity index is 0. The van der Waals surface area contributed by atoms with Crippen molar-refractivity contribution in [1.82, 2.24) is 0 Å². The van der Waals surface area contributed by atoms with Crippen molar-refractivity contribution in [1.29, 1.82) is 0 Å². The fourth-order valence-corrected chi connectivity index (χ4v) is 0. The summed E-state index contributed by atoms with van der Waals surface area (Å²) in [6.45, 7) is 1.61. The Bertz CT molecular complexity index is 24.8. The van der Waals surface area contributed by atoms with E-state index >= 15 is 0 Å². The molecule has 1 radical (unpaired) electrons. The molecular weight excluding hydrogens is 155 g/mol. The van der Waals surface area contributed by atoms with Gasteiger partial charge in [0.25, 0.3) is 0 Å². The van der Waals surface area contributed by atoms with Crippen LogP contribution in [-0.4, -0.2) is 18.4 Å². The number of rotatable bonds is 1. The predicted molar refractivity (Wildman–Crippen MR) is 21.0 cm³/mol. The van der Waals surface area contributed by atoms with E-state index in [0.717, 1.165) is 0 Å². The van der Waals surface area contributed by atoms with Gasteiger partial charge in [-0.3, -0.25) is 0 Å². The molecule has 0 fully saturated rings. The zero-order chi connectivity index (χ0) is 4.28. The van der Waals surface area contributed by atoms with Crippen LogP contribution in [-0.2, 0) is 32.7 Å². The van der Waals surface area contributed by atoms with Crippen molar-refractivity contribution in [3.8, 4) is 0 Å². The van der Waals surface area contributed by atoms with Gasteiger partial charge in [-0.25, -0.2) is 0 Å². The number of aliphatic hydroxyl groups is 1. The summed E-state index contributed by atoms with van der Waals surface area (Å²) in [5.41, 5.74) is 0. The second-order valence-corrected chi connectivity index (χ2v) is 0.890. The quantitative estimate of drug-likeness (QED) is 0.593. The van der Waals surface area contributed by atoms with Crippen LogP contribution >= 0.6 is 0 Å². The summed E-state index contributed by atoms with van der Waals surface area (Å²) in [5.74, 6) is 0. The fourth-order valence-electron chi connectivity index (χ4n) is 0. The summed E-state index contributed by atoms with van der Waals surface area (Å²) in [6.07, 6.45) is -0.491. The van der Waals surface area contributed by atoms with E-state index in [1.807, 2.05) is 0 Å². The van der Waals surface area contributed by atoms with Gasteiger partial charge < -0.3 is 10.4 Å². The summed E-state index contributed by atoms with van der Waals surface area (Å²) in [4.78, 5) is 0. The molecule has 0 aliphatic rings. The topological polar surface area (TPSA) is 34.3 Å². The Kier molecular flexibility index (Phi) is 10.1. The Morgan fingerprint density at radius 3 is 1.83 bits per heavy atom. The first-order valence-electron chi connectivity index (χ1n) is 1.54. The molecule has 0 aromatic carbocycles. The van der Waals surface area contributed by atoms with Crippen molar-refractivity contribution < 1.29 is 37.8 Å². The van der Waals surface area contributed by atoms with E-state index < -0.39 is 6.23 Å². The molecule has 1 unspecified atom stereocenters. The van der Waals surface area contributed by atoms with Gasteiger partial charge in [-0.1, -0.05) is 6.92 Å². The van der Waals surface area contributed by atoms with Gasteiger partial charge in [-0.05, 0) is 6.23 Å². The summed E-state index contributed by atoms with van der Waals surface area (Å²) in [7, 11) is 1.57. The van der Waals surface area contributed by atoms with Gasteiger partial charge in [0.1, 0.15) is 0 Å². The largest absolute Gasteiger partial charge is 0.640 e. The second kappa shape index (κ2) is 6.02. The van der Waals surface area contributed by atoms with E-state index in [9.17, 15) is 0 Å². The molecule has 1 N–H and O–H groups in total. The standard InChI is InChI=1S/C3H8NO.Y/c1-3(5)4-2;/h3,5H,1-2H3;/q-1;. The van der Waals surface area contributed by atoms with E-state index in [-0.39, 0.29) is 32.7 Å². The zero-order valence-electron chi connectivity index (χ0n) is 4.05. The van der Waals surface area contributed by atoms with Crippen LogP contribution in [0.2, 0.25) is 0 Å². The van der Waals surface area contributed by atoms with Crippen molar-refractivity contribution in [3.63, 3.8) is 0 Å². The molecule has 35 valence electrons. The Hall–Kier alpha value is 1.02. The SMILES string of the molecule is C[N-]C(C)O.[Y]. The molecule has 0 rings (SSSR count). The average Bonchev–Trinajstić information content (AvgIpc) is 1.38.